The highest BCUT2D eigenvalue weighted by molar-refractivity contribution is 7.47. The third-order valence-corrected chi connectivity index (χ3v) is 11.1. The molecule has 0 aromatic heterocycles. The molecule has 18 heteroatoms. The molecule has 1 aliphatic rings. The van der Waals surface area contributed by atoms with E-state index in [9.17, 15) is 43.7 Å². The van der Waals surface area contributed by atoms with Crippen LogP contribution in [0.2, 0.25) is 0 Å². The number of ketones is 1. The van der Waals surface area contributed by atoms with Crippen LogP contribution in [0.1, 0.15) is 143 Å². The highest BCUT2D eigenvalue weighted by Gasteiger charge is 2.39. The number of phosphoric acid groups is 2. The van der Waals surface area contributed by atoms with Gasteiger partial charge in [-0.05, 0) is 38.0 Å². The van der Waals surface area contributed by atoms with Crippen LogP contribution in [0, 0.1) is 17.8 Å². The van der Waals surface area contributed by atoms with Crippen molar-refractivity contribution in [3.8, 4) is 0 Å². The largest absolute Gasteiger partial charge is 0.472 e. The van der Waals surface area contributed by atoms with Gasteiger partial charge < -0.3 is 39.5 Å². The summed E-state index contributed by atoms with van der Waals surface area (Å²) in [6.07, 6.45) is 17.2. The van der Waals surface area contributed by atoms with Gasteiger partial charge in [-0.3, -0.25) is 28.0 Å². The molecule has 1 saturated carbocycles. The lowest BCUT2D eigenvalue weighted by Crippen LogP contribution is -2.29. The maximum absolute atomic E-state index is 12.7. The molecule has 1 rings (SSSR count). The molecule has 1 fully saturated rings. The lowest BCUT2D eigenvalue weighted by Gasteiger charge is -2.20. The summed E-state index contributed by atoms with van der Waals surface area (Å²) in [5.74, 6) is -1.40. The Balaban J connectivity index is 2.62. The smallest absolute Gasteiger partial charge is 0.462 e. The van der Waals surface area contributed by atoms with Crippen LogP contribution < -0.4 is 0 Å². The number of allylic oxidation sites excluding steroid dienone is 3. The second-order valence-electron chi connectivity index (χ2n) is 15.5. The summed E-state index contributed by atoms with van der Waals surface area (Å²) in [7, 11) is -9.77. The number of unbranched alkanes of at least 4 members (excludes halogenated alkanes) is 10. The molecule has 0 aliphatic heterocycles. The van der Waals surface area contributed by atoms with Gasteiger partial charge in [-0.2, -0.15) is 0 Å². The third kappa shape index (κ3) is 28.6. The molecule has 58 heavy (non-hydrogen) atoms. The van der Waals surface area contributed by atoms with Gasteiger partial charge in [0.05, 0.1) is 32.0 Å². The van der Waals surface area contributed by atoms with Crippen molar-refractivity contribution in [3.05, 3.63) is 24.3 Å². The van der Waals surface area contributed by atoms with E-state index in [0.717, 1.165) is 50.9 Å². The molecular formula is C40H72O16P2. The number of aliphatic hydroxyl groups excluding tert-OH is 3. The lowest BCUT2D eigenvalue weighted by atomic mass is 9.90. The first-order valence-electron chi connectivity index (χ1n) is 21.0. The number of Topliss-reactive ketones (excluding diaryl/α,β-unsaturated/α-hetero) is 1. The van der Waals surface area contributed by atoms with Crippen LogP contribution in [0.25, 0.3) is 0 Å². The second-order valence-corrected chi connectivity index (χ2v) is 18.2. The van der Waals surface area contributed by atoms with Crippen LogP contribution in [-0.2, 0) is 46.6 Å². The van der Waals surface area contributed by atoms with E-state index in [4.69, 9.17) is 23.8 Å². The first-order chi connectivity index (χ1) is 27.4. The predicted molar refractivity (Wildman–Crippen MR) is 217 cm³/mol. The minimum atomic E-state index is -4.90. The molecular weight excluding hydrogens is 798 g/mol. The van der Waals surface area contributed by atoms with Crippen molar-refractivity contribution in [1.29, 1.82) is 0 Å². The number of hydrogen-bond donors (Lipinski definition) is 6. The highest BCUT2D eigenvalue weighted by atomic mass is 31.2. The Hall–Kier alpha value is -1.81. The van der Waals surface area contributed by atoms with E-state index in [1.807, 2.05) is 12.2 Å². The number of aliphatic hydroxyl groups is 3. The molecule has 1 unspecified atom stereocenters. The molecule has 6 N–H and O–H groups in total. The van der Waals surface area contributed by atoms with Crippen molar-refractivity contribution in [2.45, 2.75) is 167 Å². The van der Waals surface area contributed by atoms with Gasteiger partial charge >= 0.3 is 27.6 Å². The van der Waals surface area contributed by atoms with Gasteiger partial charge in [0.25, 0.3) is 0 Å². The molecule has 0 spiro atoms. The first kappa shape index (κ1) is 54.2. The van der Waals surface area contributed by atoms with E-state index in [1.165, 1.54) is 25.7 Å². The van der Waals surface area contributed by atoms with E-state index < -0.39 is 84.3 Å². The quantitative estimate of drug-likeness (QED) is 0.0166. The summed E-state index contributed by atoms with van der Waals surface area (Å²) in [4.78, 5) is 65.3. The van der Waals surface area contributed by atoms with Gasteiger partial charge in [-0.1, -0.05) is 116 Å². The fourth-order valence-corrected chi connectivity index (χ4v) is 7.49. The van der Waals surface area contributed by atoms with Crippen molar-refractivity contribution in [1.82, 2.24) is 0 Å². The van der Waals surface area contributed by atoms with Crippen molar-refractivity contribution in [2.75, 3.05) is 26.4 Å². The normalized spacial score (nSPS) is 20.2. The fraction of sp³-hybridized carbons (Fsp3) is 0.825. The van der Waals surface area contributed by atoms with Crippen molar-refractivity contribution >= 4 is 33.4 Å². The SMILES string of the molecule is CCCCC[C@H](O)/C=C/[C@H]1C(=O)C[C@H](O)[C@@H]1C/C=C\CCCC(=O)O[C@H](COC(=O)CCCCCCCCCCC(C)C)COP(=O)(O)OC[C@@H](O)COP(=O)(O)O. The Kier molecular flexibility index (Phi) is 29.1. The summed E-state index contributed by atoms with van der Waals surface area (Å²) in [5.41, 5.74) is 0. The van der Waals surface area contributed by atoms with Crippen LogP contribution in [0.3, 0.4) is 0 Å². The Bertz CT molecular complexity index is 1300. The van der Waals surface area contributed by atoms with E-state index in [-0.39, 0.29) is 31.0 Å². The number of rotatable bonds is 35. The van der Waals surface area contributed by atoms with Crippen LogP contribution in [0.15, 0.2) is 24.3 Å². The maximum Gasteiger partial charge on any atom is 0.472 e. The molecule has 16 nitrogen and oxygen atoms in total. The Morgan fingerprint density at radius 2 is 1.38 bits per heavy atom. The number of phosphoric ester groups is 2. The summed E-state index contributed by atoms with van der Waals surface area (Å²) in [5, 5.41) is 30.5. The molecule has 0 bridgehead atoms. The molecule has 0 amide bonds. The minimum Gasteiger partial charge on any atom is -0.462 e. The molecule has 7 atom stereocenters. The summed E-state index contributed by atoms with van der Waals surface area (Å²) in [6.45, 7) is 3.58. The van der Waals surface area contributed by atoms with Gasteiger partial charge in [0, 0.05) is 31.1 Å². The number of carbonyl (C=O) groups is 3. The zero-order valence-corrected chi connectivity index (χ0v) is 36.6. The fourth-order valence-electron chi connectivity index (χ4n) is 6.34. The Morgan fingerprint density at radius 1 is 0.776 bits per heavy atom. The van der Waals surface area contributed by atoms with Gasteiger partial charge in [-0.25, -0.2) is 9.13 Å². The topological polar surface area (TPSA) is 253 Å². The molecule has 0 radical (unpaired) electrons. The highest BCUT2D eigenvalue weighted by Crippen LogP contribution is 2.44. The summed E-state index contributed by atoms with van der Waals surface area (Å²) in [6, 6.07) is 0. The van der Waals surface area contributed by atoms with E-state index >= 15 is 0 Å². The molecule has 338 valence electrons. The van der Waals surface area contributed by atoms with E-state index in [2.05, 4.69) is 29.8 Å². The van der Waals surface area contributed by atoms with Crippen molar-refractivity contribution in [2.24, 2.45) is 17.8 Å². The number of hydrogen-bond acceptors (Lipinski definition) is 13. The van der Waals surface area contributed by atoms with E-state index in [1.54, 1.807) is 12.2 Å². The second kappa shape index (κ2) is 31.1. The zero-order chi connectivity index (χ0) is 43.4. The van der Waals surface area contributed by atoms with Crippen LogP contribution >= 0.6 is 15.6 Å². The zero-order valence-electron chi connectivity index (χ0n) is 34.8. The van der Waals surface area contributed by atoms with Gasteiger partial charge in [0.15, 0.2) is 6.10 Å². The average Bonchev–Trinajstić information content (AvgIpc) is 3.42. The molecule has 0 heterocycles. The monoisotopic (exact) mass is 870 g/mol. The third-order valence-electron chi connectivity index (χ3n) is 9.64. The lowest BCUT2D eigenvalue weighted by molar-refractivity contribution is -0.161. The molecule has 0 saturated heterocycles. The van der Waals surface area contributed by atoms with Crippen LogP contribution in [-0.4, -0.2) is 98.6 Å². The van der Waals surface area contributed by atoms with Gasteiger partial charge in [-0.15, -0.1) is 0 Å². The van der Waals surface area contributed by atoms with Gasteiger partial charge in [0.1, 0.15) is 18.5 Å². The Morgan fingerprint density at radius 3 is 2.03 bits per heavy atom. The number of esters is 2. The minimum absolute atomic E-state index is 0.0541. The molecule has 1 aliphatic carbocycles. The van der Waals surface area contributed by atoms with E-state index in [0.29, 0.717) is 32.1 Å². The van der Waals surface area contributed by atoms with Crippen molar-refractivity contribution in [3.63, 3.8) is 0 Å². The van der Waals surface area contributed by atoms with Crippen LogP contribution in [0.5, 0.6) is 0 Å². The Labute approximate surface area is 345 Å². The molecule has 0 aromatic rings. The first-order valence-corrected chi connectivity index (χ1v) is 24.0. The number of ether oxygens (including phenoxy) is 2. The molecule has 0 aromatic carbocycles. The maximum atomic E-state index is 12.7. The predicted octanol–water partition coefficient (Wildman–Crippen LogP) is 6.78. The number of carbonyl (C=O) groups excluding carboxylic acids is 3. The van der Waals surface area contributed by atoms with Crippen molar-refractivity contribution < 1.29 is 76.6 Å². The summed E-state index contributed by atoms with van der Waals surface area (Å²) < 4.78 is 47.6. The van der Waals surface area contributed by atoms with Gasteiger partial charge in [0.2, 0.25) is 0 Å². The standard InChI is InChI=1S/C40H72O16P2/c1-4-5-14-20-32(41)24-25-36-35(37(43)26-38(36)44)21-16-12-13-18-23-40(46)56-34(30-55-58(50,51)54-28-33(42)27-53-57(47,48)49)29-52-39(45)22-17-11-9-7-6-8-10-15-19-31(2)3/h12,16,24-25,31-37,41-43H,4-11,13-15,17-23,26-30H2,1-3H3,(H,50,51)(H2,47,48,49)/b16-12-,25-24+/t32-,33-,34+,35+,36+,37-/m0/s1. The average molecular weight is 871 g/mol. The summed E-state index contributed by atoms with van der Waals surface area (Å²) >= 11 is 0. The van der Waals surface area contributed by atoms with Crippen LogP contribution in [0.4, 0.5) is 0 Å².